The van der Waals surface area contributed by atoms with Gasteiger partial charge in [-0.2, -0.15) is 0 Å². The lowest BCUT2D eigenvalue weighted by Crippen LogP contribution is -2.40. The topological polar surface area (TPSA) is 32.3 Å². The molecule has 0 saturated heterocycles. The standard InChI is InChI=1S/C15H24BrNO/c1-4-14(12-8-7-9-13(16)10-12)17-11-15(18,5-2)6-3/h7-10,14,17-18H,4-6,11H2,1-3H3. The Balaban J connectivity index is 2.68. The van der Waals surface area contributed by atoms with Crippen molar-refractivity contribution >= 4 is 15.9 Å². The van der Waals surface area contributed by atoms with Crippen LogP contribution in [0, 0.1) is 0 Å². The molecule has 0 fully saturated rings. The fraction of sp³-hybridized carbons (Fsp3) is 0.600. The van der Waals surface area contributed by atoms with Crippen molar-refractivity contribution in [1.29, 1.82) is 0 Å². The van der Waals surface area contributed by atoms with Crippen LogP contribution in [0.4, 0.5) is 0 Å². The summed E-state index contributed by atoms with van der Waals surface area (Å²) in [7, 11) is 0. The zero-order valence-corrected chi connectivity index (χ0v) is 13.1. The summed E-state index contributed by atoms with van der Waals surface area (Å²) in [6.45, 7) is 6.87. The van der Waals surface area contributed by atoms with E-state index in [0.717, 1.165) is 23.7 Å². The highest BCUT2D eigenvalue weighted by Gasteiger charge is 2.23. The highest BCUT2D eigenvalue weighted by atomic mass is 79.9. The van der Waals surface area contributed by atoms with Crippen LogP contribution in [0.25, 0.3) is 0 Å². The third-order valence-electron chi connectivity index (χ3n) is 3.65. The maximum atomic E-state index is 10.3. The molecular formula is C15H24BrNO. The van der Waals surface area contributed by atoms with Crippen LogP contribution in [0.2, 0.25) is 0 Å². The highest BCUT2D eigenvalue weighted by molar-refractivity contribution is 9.10. The van der Waals surface area contributed by atoms with E-state index < -0.39 is 5.60 Å². The van der Waals surface area contributed by atoms with Crippen LogP contribution < -0.4 is 5.32 Å². The summed E-state index contributed by atoms with van der Waals surface area (Å²) in [6, 6.07) is 8.65. The van der Waals surface area contributed by atoms with Crippen LogP contribution in [0.3, 0.4) is 0 Å². The molecular weight excluding hydrogens is 290 g/mol. The quantitative estimate of drug-likeness (QED) is 0.796. The van der Waals surface area contributed by atoms with Gasteiger partial charge in [0.2, 0.25) is 0 Å². The first-order valence-corrected chi connectivity index (χ1v) is 7.55. The van der Waals surface area contributed by atoms with Gasteiger partial charge in [-0.1, -0.05) is 48.8 Å². The molecule has 0 spiro atoms. The monoisotopic (exact) mass is 313 g/mol. The molecule has 1 aromatic rings. The Kier molecular flexibility index (Phi) is 6.33. The lowest BCUT2D eigenvalue weighted by molar-refractivity contribution is 0.0297. The normalized spacial score (nSPS) is 13.6. The van der Waals surface area contributed by atoms with E-state index in [9.17, 15) is 5.11 Å². The van der Waals surface area contributed by atoms with Gasteiger partial charge in [-0.25, -0.2) is 0 Å². The Bertz CT molecular complexity index is 363. The van der Waals surface area contributed by atoms with Crippen LogP contribution >= 0.6 is 15.9 Å². The van der Waals surface area contributed by atoms with Crippen LogP contribution in [0.1, 0.15) is 51.6 Å². The molecule has 3 heteroatoms. The highest BCUT2D eigenvalue weighted by Crippen LogP contribution is 2.22. The van der Waals surface area contributed by atoms with E-state index in [1.54, 1.807) is 0 Å². The summed E-state index contributed by atoms with van der Waals surface area (Å²) in [4.78, 5) is 0. The Morgan fingerprint density at radius 1 is 1.28 bits per heavy atom. The van der Waals surface area contributed by atoms with Crippen molar-refractivity contribution in [3.05, 3.63) is 34.3 Å². The van der Waals surface area contributed by atoms with Crippen molar-refractivity contribution < 1.29 is 5.11 Å². The Morgan fingerprint density at radius 2 is 1.94 bits per heavy atom. The lowest BCUT2D eigenvalue weighted by atomic mass is 9.96. The van der Waals surface area contributed by atoms with Crippen LogP contribution in [0.15, 0.2) is 28.7 Å². The zero-order valence-electron chi connectivity index (χ0n) is 11.5. The summed E-state index contributed by atoms with van der Waals surface area (Å²) in [5, 5.41) is 13.8. The summed E-state index contributed by atoms with van der Waals surface area (Å²) in [5.41, 5.74) is 0.681. The van der Waals surface area contributed by atoms with Crippen molar-refractivity contribution in [3.8, 4) is 0 Å². The molecule has 1 unspecified atom stereocenters. The molecule has 1 atom stereocenters. The van der Waals surface area contributed by atoms with Crippen LogP contribution in [-0.2, 0) is 0 Å². The number of nitrogens with one attached hydrogen (secondary N) is 1. The second-order valence-corrected chi connectivity index (χ2v) is 5.74. The van der Waals surface area contributed by atoms with E-state index in [2.05, 4.69) is 46.4 Å². The molecule has 1 aromatic carbocycles. The first-order chi connectivity index (χ1) is 8.54. The minimum Gasteiger partial charge on any atom is -0.389 e. The molecule has 2 nitrogen and oxygen atoms in total. The van der Waals surface area contributed by atoms with Crippen LogP contribution in [0.5, 0.6) is 0 Å². The van der Waals surface area contributed by atoms with Crippen molar-refractivity contribution in [2.75, 3.05) is 6.54 Å². The molecule has 0 saturated carbocycles. The SMILES string of the molecule is CCC(NCC(O)(CC)CC)c1cccc(Br)c1. The van der Waals surface area contributed by atoms with Crippen molar-refractivity contribution in [3.63, 3.8) is 0 Å². The molecule has 0 aliphatic carbocycles. The molecule has 0 heterocycles. The van der Waals surface area contributed by atoms with E-state index in [1.165, 1.54) is 5.56 Å². The second-order valence-electron chi connectivity index (χ2n) is 4.83. The fourth-order valence-electron chi connectivity index (χ4n) is 2.03. The van der Waals surface area contributed by atoms with Gasteiger partial charge in [0.1, 0.15) is 0 Å². The molecule has 0 amide bonds. The van der Waals surface area contributed by atoms with Crippen molar-refractivity contribution in [2.24, 2.45) is 0 Å². The molecule has 1 rings (SSSR count). The number of benzene rings is 1. The number of rotatable bonds is 7. The number of aliphatic hydroxyl groups is 1. The van der Waals surface area contributed by atoms with Gasteiger partial charge in [0, 0.05) is 17.1 Å². The van der Waals surface area contributed by atoms with Gasteiger partial charge < -0.3 is 10.4 Å². The Labute approximate surface area is 119 Å². The van der Waals surface area contributed by atoms with E-state index in [1.807, 2.05) is 19.9 Å². The Morgan fingerprint density at radius 3 is 2.44 bits per heavy atom. The van der Waals surface area contributed by atoms with E-state index in [0.29, 0.717) is 12.6 Å². The van der Waals surface area contributed by atoms with Gasteiger partial charge in [0.25, 0.3) is 0 Å². The second kappa shape index (κ2) is 7.27. The van der Waals surface area contributed by atoms with Crippen LogP contribution in [-0.4, -0.2) is 17.3 Å². The van der Waals surface area contributed by atoms with Gasteiger partial charge >= 0.3 is 0 Å². The molecule has 0 aromatic heterocycles. The maximum absolute atomic E-state index is 10.3. The average molecular weight is 314 g/mol. The first-order valence-electron chi connectivity index (χ1n) is 6.76. The smallest absolute Gasteiger partial charge is 0.0766 e. The van der Waals surface area contributed by atoms with Gasteiger partial charge in [-0.3, -0.25) is 0 Å². The number of hydrogen-bond donors (Lipinski definition) is 2. The molecule has 0 aliphatic rings. The zero-order chi connectivity index (χ0) is 13.6. The summed E-state index contributed by atoms with van der Waals surface area (Å²) >= 11 is 3.50. The third-order valence-corrected chi connectivity index (χ3v) is 4.15. The molecule has 102 valence electrons. The first kappa shape index (κ1) is 15.7. The average Bonchev–Trinajstić information content (AvgIpc) is 2.39. The summed E-state index contributed by atoms with van der Waals surface area (Å²) in [5.74, 6) is 0. The van der Waals surface area contributed by atoms with E-state index >= 15 is 0 Å². The van der Waals surface area contributed by atoms with E-state index in [4.69, 9.17) is 0 Å². The number of halogens is 1. The fourth-order valence-corrected chi connectivity index (χ4v) is 2.45. The predicted molar refractivity (Wildman–Crippen MR) is 80.7 cm³/mol. The Hall–Kier alpha value is -0.380. The van der Waals surface area contributed by atoms with E-state index in [-0.39, 0.29) is 0 Å². The van der Waals surface area contributed by atoms with Crippen molar-refractivity contribution in [1.82, 2.24) is 5.32 Å². The van der Waals surface area contributed by atoms with Gasteiger partial charge in [0.15, 0.2) is 0 Å². The molecule has 0 radical (unpaired) electrons. The van der Waals surface area contributed by atoms with Gasteiger partial charge in [-0.05, 0) is 37.0 Å². The minimum atomic E-state index is -0.584. The lowest BCUT2D eigenvalue weighted by Gasteiger charge is -2.28. The predicted octanol–water partition coefficient (Wildman–Crippen LogP) is 4.04. The third kappa shape index (κ3) is 4.38. The van der Waals surface area contributed by atoms with Gasteiger partial charge in [0.05, 0.1) is 5.60 Å². The molecule has 0 aliphatic heterocycles. The molecule has 18 heavy (non-hydrogen) atoms. The largest absolute Gasteiger partial charge is 0.389 e. The summed E-state index contributed by atoms with van der Waals surface area (Å²) in [6.07, 6.45) is 2.58. The van der Waals surface area contributed by atoms with Crippen molar-refractivity contribution in [2.45, 2.75) is 51.7 Å². The summed E-state index contributed by atoms with van der Waals surface area (Å²) < 4.78 is 1.10. The number of hydrogen-bond acceptors (Lipinski definition) is 2. The molecule has 0 bridgehead atoms. The minimum absolute atomic E-state index is 0.298. The maximum Gasteiger partial charge on any atom is 0.0766 e. The molecule has 2 N–H and O–H groups in total. The van der Waals surface area contributed by atoms with Gasteiger partial charge in [-0.15, -0.1) is 0 Å².